The zero-order chi connectivity index (χ0) is 23.7. The summed E-state index contributed by atoms with van der Waals surface area (Å²) in [4.78, 5) is 42.4. The quantitative estimate of drug-likeness (QED) is 0.426. The van der Waals surface area contributed by atoms with Gasteiger partial charge in [0.1, 0.15) is 10.7 Å². The number of ketones is 2. The molecule has 4 aromatic rings. The van der Waals surface area contributed by atoms with Crippen LogP contribution in [0.15, 0.2) is 95.8 Å². The fourth-order valence-electron chi connectivity index (χ4n) is 3.87. The lowest BCUT2D eigenvalue weighted by Crippen LogP contribution is -2.28. The summed E-state index contributed by atoms with van der Waals surface area (Å²) in [5.41, 5.74) is 3.37. The number of rotatable bonds is 5. The third kappa shape index (κ3) is 3.95. The summed E-state index contributed by atoms with van der Waals surface area (Å²) in [7, 11) is 0. The number of aromatic nitrogens is 1. The minimum Gasteiger partial charge on any atom is -0.376 e. The minimum atomic E-state index is -0.380. The highest BCUT2D eigenvalue weighted by atomic mass is 35.5. The maximum absolute atomic E-state index is 12.8. The molecule has 5 rings (SSSR count). The van der Waals surface area contributed by atoms with Gasteiger partial charge in [-0.15, -0.1) is 0 Å². The number of nitrogens with one attached hydrogen (secondary N) is 2. The molecule has 1 aliphatic carbocycles. The number of Topliss-reactive ketones (excluding diaryl/α,β-unsaturated/α-hetero) is 2. The fraction of sp³-hybridized carbons (Fsp3) is 0.0370. The predicted octanol–water partition coefficient (Wildman–Crippen LogP) is 5.11. The van der Waals surface area contributed by atoms with Crippen molar-refractivity contribution in [1.82, 2.24) is 10.3 Å². The van der Waals surface area contributed by atoms with Crippen LogP contribution in [-0.2, 0) is 6.54 Å². The van der Waals surface area contributed by atoms with Crippen molar-refractivity contribution in [3.8, 4) is 0 Å². The van der Waals surface area contributed by atoms with Gasteiger partial charge < -0.3 is 10.6 Å². The van der Waals surface area contributed by atoms with E-state index in [2.05, 4.69) is 15.6 Å². The molecule has 3 aromatic carbocycles. The van der Waals surface area contributed by atoms with Gasteiger partial charge in [-0.1, -0.05) is 66.2 Å². The van der Waals surface area contributed by atoms with E-state index in [1.165, 1.54) is 0 Å². The Bertz CT molecular complexity index is 1490. The number of carbonyl (C=O) groups is 3. The first kappa shape index (κ1) is 21.6. The second-order valence-corrected chi connectivity index (χ2v) is 8.16. The molecule has 0 unspecified atom stereocenters. The van der Waals surface area contributed by atoms with Crippen molar-refractivity contribution in [2.75, 3.05) is 5.32 Å². The summed E-state index contributed by atoms with van der Waals surface area (Å²) in [5.74, 6) is -0.956. The molecule has 34 heavy (non-hydrogen) atoms. The van der Waals surface area contributed by atoms with Gasteiger partial charge >= 0.3 is 0 Å². The lowest BCUT2D eigenvalue weighted by molar-refractivity contribution is 0.0974. The molecule has 0 saturated carbocycles. The lowest BCUT2D eigenvalue weighted by Gasteiger charge is -2.19. The third-order valence-corrected chi connectivity index (χ3v) is 5.99. The summed E-state index contributed by atoms with van der Waals surface area (Å²) < 4.78 is 0. The highest BCUT2D eigenvalue weighted by Gasteiger charge is 2.30. The number of para-hydroxylation sites is 1. The molecule has 1 heterocycles. The van der Waals surface area contributed by atoms with Crippen LogP contribution in [0.25, 0.3) is 10.9 Å². The molecular formula is C27H18ClN3O3. The van der Waals surface area contributed by atoms with E-state index in [4.69, 9.17) is 11.6 Å². The summed E-state index contributed by atoms with van der Waals surface area (Å²) in [5, 5.41) is 6.71. The highest BCUT2D eigenvalue weighted by molar-refractivity contribution is 6.49. The van der Waals surface area contributed by atoms with Crippen LogP contribution < -0.4 is 10.6 Å². The molecule has 0 spiro atoms. The van der Waals surface area contributed by atoms with Crippen LogP contribution in [0.5, 0.6) is 0 Å². The van der Waals surface area contributed by atoms with Crippen LogP contribution in [-0.4, -0.2) is 22.5 Å². The molecule has 166 valence electrons. The van der Waals surface area contributed by atoms with Crippen LogP contribution >= 0.6 is 11.6 Å². The van der Waals surface area contributed by atoms with Gasteiger partial charge in [-0.2, -0.15) is 0 Å². The molecule has 6 nitrogen and oxygen atoms in total. The van der Waals surface area contributed by atoms with E-state index >= 15 is 0 Å². The first-order valence-corrected chi connectivity index (χ1v) is 11.0. The van der Waals surface area contributed by atoms with Gasteiger partial charge in [-0.25, -0.2) is 0 Å². The van der Waals surface area contributed by atoms with Crippen LogP contribution in [0.3, 0.4) is 0 Å². The van der Waals surface area contributed by atoms with E-state index in [0.717, 1.165) is 16.5 Å². The van der Waals surface area contributed by atoms with Crippen molar-refractivity contribution in [2.24, 2.45) is 0 Å². The summed E-state index contributed by atoms with van der Waals surface area (Å²) in [6.07, 6.45) is 1.69. The molecule has 7 heteroatoms. The molecular weight excluding hydrogens is 450 g/mol. The second-order valence-electron chi connectivity index (χ2n) is 7.78. The molecule has 1 amide bonds. The number of allylic oxidation sites excluding steroid dienone is 2. The Labute approximate surface area is 200 Å². The van der Waals surface area contributed by atoms with Crippen molar-refractivity contribution in [1.29, 1.82) is 0 Å². The van der Waals surface area contributed by atoms with E-state index in [9.17, 15) is 14.4 Å². The van der Waals surface area contributed by atoms with Crippen LogP contribution in [0, 0.1) is 0 Å². The van der Waals surface area contributed by atoms with Gasteiger partial charge in [-0.3, -0.25) is 19.4 Å². The van der Waals surface area contributed by atoms with Crippen LogP contribution in [0.4, 0.5) is 5.69 Å². The first-order chi connectivity index (χ1) is 16.5. The zero-order valence-electron chi connectivity index (χ0n) is 17.8. The molecule has 1 aromatic heterocycles. The molecule has 0 saturated heterocycles. The number of hydrogen-bond acceptors (Lipinski definition) is 5. The summed E-state index contributed by atoms with van der Waals surface area (Å²) in [6, 6.07) is 22.9. The molecule has 1 aliphatic rings. The zero-order valence-corrected chi connectivity index (χ0v) is 18.6. The number of pyridine rings is 1. The van der Waals surface area contributed by atoms with E-state index in [1.807, 2.05) is 30.3 Å². The van der Waals surface area contributed by atoms with E-state index in [1.54, 1.807) is 54.7 Å². The fourth-order valence-corrected chi connectivity index (χ4v) is 4.12. The van der Waals surface area contributed by atoms with Gasteiger partial charge in [0.2, 0.25) is 11.6 Å². The third-order valence-electron chi connectivity index (χ3n) is 5.63. The van der Waals surface area contributed by atoms with Gasteiger partial charge in [-0.05, 0) is 29.8 Å². The Morgan fingerprint density at radius 3 is 2.29 bits per heavy atom. The minimum absolute atomic E-state index is 0.0793. The van der Waals surface area contributed by atoms with Crippen molar-refractivity contribution < 1.29 is 14.4 Å². The Hall–Kier alpha value is -4.29. The Balaban J connectivity index is 1.28. The summed E-state index contributed by atoms with van der Waals surface area (Å²) >= 11 is 6.20. The largest absolute Gasteiger partial charge is 0.376 e. The number of nitrogens with zero attached hydrogens (tertiary/aromatic N) is 1. The molecule has 0 bridgehead atoms. The van der Waals surface area contributed by atoms with Crippen molar-refractivity contribution in [2.45, 2.75) is 6.54 Å². The average Bonchev–Trinajstić information content (AvgIpc) is 2.88. The Morgan fingerprint density at radius 1 is 0.824 bits per heavy atom. The van der Waals surface area contributed by atoms with Gasteiger partial charge in [0.25, 0.3) is 5.91 Å². The SMILES string of the molecule is O=C(Nc1cccc2cccnc12)c1ccc(CNC2=C(Cl)C(=O)c3ccccc3C2=O)cc1. The monoisotopic (exact) mass is 467 g/mol. The maximum Gasteiger partial charge on any atom is 0.255 e. The topological polar surface area (TPSA) is 88.2 Å². The average molecular weight is 468 g/mol. The normalized spacial score (nSPS) is 13.1. The molecule has 0 fully saturated rings. The number of anilines is 1. The van der Waals surface area contributed by atoms with Gasteiger partial charge in [0.05, 0.1) is 11.2 Å². The highest BCUT2D eigenvalue weighted by Crippen LogP contribution is 2.27. The van der Waals surface area contributed by atoms with E-state index < -0.39 is 0 Å². The number of halogens is 1. The maximum atomic E-state index is 12.8. The number of benzene rings is 3. The molecule has 0 atom stereocenters. The standard InChI is InChI=1S/C27H18ClN3O3/c28-22-24(26(33)20-8-2-1-7-19(20)25(22)32)30-15-16-10-12-18(13-11-16)27(34)31-21-9-3-5-17-6-4-14-29-23(17)21/h1-14,30H,15H2,(H,31,34). The lowest BCUT2D eigenvalue weighted by atomic mass is 9.92. The van der Waals surface area contributed by atoms with Crippen LogP contribution in [0.1, 0.15) is 36.6 Å². The van der Waals surface area contributed by atoms with E-state index in [-0.39, 0.29) is 34.7 Å². The Morgan fingerprint density at radius 2 is 1.53 bits per heavy atom. The van der Waals surface area contributed by atoms with Crippen molar-refractivity contribution in [3.05, 3.63) is 118 Å². The van der Waals surface area contributed by atoms with Gasteiger partial charge in [0.15, 0.2) is 0 Å². The van der Waals surface area contributed by atoms with Gasteiger partial charge in [0, 0.05) is 34.8 Å². The predicted molar refractivity (Wildman–Crippen MR) is 131 cm³/mol. The molecule has 2 N–H and O–H groups in total. The first-order valence-electron chi connectivity index (χ1n) is 10.6. The van der Waals surface area contributed by atoms with Crippen LogP contribution in [0.2, 0.25) is 0 Å². The number of amides is 1. The smallest absolute Gasteiger partial charge is 0.255 e. The number of carbonyl (C=O) groups excluding carboxylic acids is 3. The molecule has 0 radical (unpaired) electrons. The van der Waals surface area contributed by atoms with E-state index in [0.29, 0.717) is 22.4 Å². The summed E-state index contributed by atoms with van der Waals surface area (Å²) in [6.45, 7) is 0.266. The van der Waals surface area contributed by atoms with Crippen molar-refractivity contribution >= 4 is 45.7 Å². The number of fused-ring (bicyclic) bond motifs is 2. The molecule has 0 aliphatic heterocycles. The Kier molecular flexibility index (Phi) is 5.65. The van der Waals surface area contributed by atoms with Crippen molar-refractivity contribution in [3.63, 3.8) is 0 Å². The number of hydrogen-bond donors (Lipinski definition) is 2. The second kappa shape index (κ2) is 8.92.